The van der Waals surface area contributed by atoms with E-state index in [0.29, 0.717) is 23.4 Å². The first-order chi connectivity index (χ1) is 11.7. The van der Waals surface area contributed by atoms with Crippen molar-refractivity contribution in [3.8, 4) is 0 Å². The number of fused-ring (bicyclic) bond motifs is 2. The van der Waals surface area contributed by atoms with Crippen LogP contribution in [0.5, 0.6) is 0 Å². The molecular weight excluding hydrogens is 300 g/mol. The van der Waals surface area contributed by atoms with Crippen LogP contribution >= 0.6 is 0 Å². The molecule has 4 rings (SSSR count). The van der Waals surface area contributed by atoms with Gasteiger partial charge in [-0.15, -0.1) is 0 Å². The fourth-order valence-corrected chi connectivity index (χ4v) is 2.87. The number of benzene rings is 2. The molecular formula is C20H14N2O2. The lowest BCUT2D eigenvalue weighted by atomic mass is 9.90. The fraction of sp³-hybridized carbons (Fsp3) is 0.0500. The zero-order valence-electron chi connectivity index (χ0n) is 12.8. The Labute approximate surface area is 138 Å². The summed E-state index contributed by atoms with van der Waals surface area (Å²) in [5.41, 5.74) is 2.03. The van der Waals surface area contributed by atoms with Crippen molar-refractivity contribution in [2.75, 3.05) is 0 Å². The van der Waals surface area contributed by atoms with E-state index in [2.05, 4.69) is 10.3 Å². The van der Waals surface area contributed by atoms with Crippen LogP contribution in [-0.4, -0.2) is 16.6 Å². The monoisotopic (exact) mass is 314 g/mol. The van der Waals surface area contributed by atoms with Gasteiger partial charge in [0.1, 0.15) is 0 Å². The summed E-state index contributed by atoms with van der Waals surface area (Å²) >= 11 is 0. The van der Waals surface area contributed by atoms with Gasteiger partial charge in [0.15, 0.2) is 5.78 Å². The summed E-state index contributed by atoms with van der Waals surface area (Å²) in [5, 5.41) is 4.94. The van der Waals surface area contributed by atoms with Gasteiger partial charge in [-0.2, -0.15) is 0 Å². The molecule has 0 bridgehead atoms. The lowest BCUT2D eigenvalue weighted by Crippen LogP contribution is -2.26. The minimum Gasteiger partial charge on any atom is -0.376 e. The van der Waals surface area contributed by atoms with E-state index < -0.39 is 0 Å². The van der Waals surface area contributed by atoms with Crippen LogP contribution in [0.2, 0.25) is 0 Å². The third-order valence-electron chi connectivity index (χ3n) is 4.10. The van der Waals surface area contributed by atoms with Gasteiger partial charge in [-0.25, -0.2) is 0 Å². The Morgan fingerprint density at radius 3 is 2.29 bits per heavy atom. The van der Waals surface area contributed by atoms with Crippen LogP contribution in [0.25, 0.3) is 10.8 Å². The quantitative estimate of drug-likeness (QED) is 0.806. The van der Waals surface area contributed by atoms with Crippen LogP contribution in [0, 0.1) is 0 Å². The minimum absolute atomic E-state index is 0.154. The summed E-state index contributed by atoms with van der Waals surface area (Å²) in [6.07, 6.45) is 3.07. The number of ketones is 2. The first-order valence-corrected chi connectivity index (χ1v) is 7.70. The molecule has 3 aromatic rings. The van der Waals surface area contributed by atoms with Crippen molar-refractivity contribution in [1.82, 2.24) is 10.3 Å². The largest absolute Gasteiger partial charge is 0.376 e. The molecule has 24 heavy (non-hydrogen) atoms. The molecule has 1 N–H and O–H groups in total. The van der Waals surface area contributed by atoms with E-state index in [9.17, 15) is 9.59 Å². The number of aromatic nitrogens is 1. The lowest BCUT2D eigenvalue weighted by Gasteiger charge is -2.17. The molecule has 0 saturated carbocycles. The van der Waals surface area contributed by atoms with Crippen LogP contribution in [0.15, 0.2) is 72.6 Å². The molecule has 1 aromatic heterocycles. The van der Waals surface area contributed by atoms with Crippen molar-refractivity contribution in [2.24, 2.45) is 0 Å². The van der Waals surface area contributed by atoms with Gasteiger partial charge in [0, 0.05) is 23.4 Å². The molecule has 0 fully saturated rings. The van der Waals surface area contributed by atoms with E-state index in [1.807, 2.05) is 42.5 Å². The van der Waals surface area contributed by atoms with Crippen LogP contribution in [0.3, 0.4) is 0 Å². The van der Waals surface area contributed by atoms with Crippen molar-refractivity contribution in [3.63, 3.8) is 0 Å². The van der Waals surface area contributed by atoms with Crippen molar-refractivity contribution in [1.29, 1.82) is 0 Å². The van der Waals surface area contributed by atoms with Crippen molar-refractivity contribution in [3.05, 3.63) is 89.4 Å². The molecule has 1 aliphatic rings. The Hall–Kier alpha value is -3.27. The highest BCUT2D eigenvalue weighted by Gasteiger charge is 2.26. The molecule has 116 valence electrons. The van der Waals surface area contributed by atoms with Crippen LogP contribution in [-0.2, 0) is 6.54 Å². The van der Waals surface area contributed by atoms with Crippen molar-refractivity contribution < 1.29 is 9.59 Å². The smallest absolute Gasteiger partial charge is 0.209 e. The Morgan fingerprint density at radius 2 is 1.58 bits per heavy atom. The van der Waals surface area contributed by atoms with Gasteiger partial charge in [-0.3, -0.25) is 14.6 Å². The molecule has 0 unspecified atom stereocenters. The molecule has 0 spiro atoms. The van der Waals surface area contributed by atoms with E-state index in [4.69, 9.17) is 0 Å². The van der Waals surface area contributed by atoms with E-state index in [1.165, 1.54) is 6.08 Å². The Balaban J connectivity index is 1.67. The van der Waals surface area contributed by atoms with Crippen LogP contribution < -0.4 is 5.32 Å². The number of carbonyl (C=O) groups is 2. The summed E-state index contributed by atoms with van der Waals surface area (Å²) in [4.78, 5) is 29.3. The second-order valence-electron chi connectivity index (χ2n) is 5.67. The zero-order valence-corrected chi connectivity index (χ0v) is 12.8. The van der Waals surface area contributed by atoms with Crippen molar-refractivity contribution >= 4 is 22.3 Å². The minimum atomic E-state index is -0.161. The van der Waals surface area contributed by atoms with Gasteiger partial charge in [0.2, 0.25) is 5.78 Å². The van der Waals surface area contributed by atoms with Crippen LogP contribution in [0.4, 0.5) is 0 Å². The predicted octanol–water partition coefficient (Wildman–Crippen LogP) is 3.29. The number of nitrogens with zero attached hydrogens (tertiary/aromatic N) is 1. The summed E-state index contributed by atoms with van der Waals surface area (Å²) < 4.78 is 0. The van der Waals surface area contributed by atoms with Crippen molar-refractivity contribution in [2.45, 2.75) is 6.54 Å². The second-order valence-corrected chi connectivity index (χ2v) is 5.67. The molecule has 4 heteroatoms. The maximum absolute atomic E-state index is 12.7. The molecule has 0 radical (unpaired) electrons. The van der Waals surface area contributed by atoms with Gasteiger partial charge in [-0.05, 0) is 35.0 Å². The summed E-state index contributed by atoms with van der Waals surface area (Å²) in [6, 6.07) is 16.9. The van der Waals surface area contributed by atoms with E-state index in [-0.39, 0.29) is 11.6 Å². The summed E-state index contributed by atoms with van der Waals surface area (Å²) in [5.74, 6) is -0.315. The van der Waals surface area contributed by atoms with E-state index in [0.717, 1.165) is 16.5 Å². The Kier molecular flexibility index (Phi) is 3.43. The highest BCUT2D eigenvalue weighted by molar-refractivity contribution is 6.25. The summed E-state index contributed by atoms with van der Waals surface area (Å²) in [7, 11) is 0. The molecule has 4 nitrogen and oxygen atoms in total. The van der Waals surface area contributed by atoms with E-state index >= 15 is 0 Å². The molecule has 2 aromatic carbocycles. The third-order valence-corrected chi connectivity index (χ3v) is 4.10. The van der Waals surface area contributed by atoms with Gasteiger partial charge in [0.05, 0.1) is 17.9 Å². The maximum Gasteiger partial charge on any atom is 0.209 e. The zero-order chi connectivity index (χ0) is 16.5. The number of nitrogens with one attached hydrogen (secondary N) is 1. The number of allylic oxidation sites excluding steroid dienone is 2. The van der Waals surface area contributed by atoms with Gasteiger partial charge in [0.25, 0.3) is 0 Å². The summed E-state index contributed by atoms with van der Waals surface area (Å²) in [6.45, 7) is 0.397. The number of Topliss-reactive ketones (excluding diaryl/α,β-unsaturated/α-hetero) is 1. The SMILES string of the molecule is O=C1C=C(NCc2ccccn2)C(=O)c2cc3ccccc3cc21. The van der Waals surface area contributed by atoms with E-state index in [1.54, 1.807) is 18.3 Å². The predicted molar refractivity (Wildman–Crippen MR) is 91.8 cm³/mol. The van der Waals surface area contributed by atoms with Crippen LogP contribution in [0.1, 0.15) is 26.4 Å². The maximum atomic E-state index is 12.7. The number of rotatable bonds is 3. The highest BCUT2D eigenvalue weighted by atomic mass is 16.1. The molecule has 0 aliphatic heterocycles. The second kappa shape index (κ2) is 5.74. The first-order valence-electron chi connectivity index (χ1n) is 7.70. The van der Waals surface area contributed by atoms with Gasteiger partial charge >= 0.3 is 0 Å². The first kappa shape index (κ1) is 14.3. The average molecular weight is 314 g/mol. The number of hydrogen-bond donors (Lipinski definition) is 1. The lowest BCUT2D eigenvalue weighted by molar-refractivity contribution is 0.0978. The topological polar surface area (TPSA) is 59.1 Å². The third kappa shape index (κ3) is 2.48. The molecule has 0 amide bonds. The molecule has 0 saturated heterocycles. The Bertz CT molecular complexity index is 991. The molecule has 1 heterocycles. The van der Waals surface area contributed by atoms with Gasteiger partial charge in [-0.1, -0.05) is 30.3 Å². The molecule has 1 aliphatic carbocycles. The molecule has 0 atom stereocenters. The number of carbonyl (C=O) groups excluding carboxylic acids is 2. The van der Waals surface area contributed by atoms with Gasteiger partial charge < -0.3 is 5.32 Å². The number of hydrogen-bond acceptors (Lipinski definition) is 4. The fourth-order valence-electron chi connectivity index (χ4n) is 2.87. The normalized spacial score (nSPS) is 13.6. The highest BCUT2D eigenvalue weighted by Crippen LogP contribution is 2.26. The average Bonchev–Trinajstić information content (AvgIpc) is 2.63. The standard InChI is InChI=1S/C20H14N2O2/c23-19-11-18(22-12-15-7-3-4-8-21-15)20(24)17-10-14-6-2-1-5-13(14)9-16(17)19/h1-11,22H,12H2. The Morgan fingerprint density at radius 1 is 0.875 bits per heavy atom. The number of pyridine rings is 1.